The molecule has 0 saturated heterocycles. The molecule has 1 spiro atoms. The monoisotopic (exact) mass is 178 g/mol. The van der Waals surface area contributed by atoms with Crippen molar-refractivity contribution in [1.29, 1.82) is 0 Å². The van der Waals surface area contributed by atoms with Crippen LogP contribution in [0.25, 0.3) is 0 Å². The molecule has 0 aliphatic heterocycles. The van der Waals surface area contributed by atoms with E-state index in [0.29, 0.717) is 17.1 Å². The first-order chi connectivity index (χ1) is 6.26. The molecular formula is C12H18O. The van der Waals surface area contributed by atoms with Gasteiger partial charge in [-0.05, 0) is 42.9 Å². The molecule has 13 heavy (non-hydrogen) atoms. The van der Waals surface area contributed by atoms with E-state index in [-0.39, 0.29) is 0 Å². The summed E-state index contributed by atoms with van der Waals surface area (Å²) in [7, 11) is 0. The molecule has 72 valence electrons. The lowest BCUT2D eigenvalue weighted by Gasteiger charge is -2.59. The highest BCUT2D eigenvalue weighted by atomic mass is 16.1. The Balaban J connectivity index is 1.96. The number of ketones is 1. The summed E-state index contributed by atoms with van der Waals surface area (Å²) in [6, 6.07) is 0. The van der Waals surface area contributed by atoms with E-state index < -0.39 is 0 Å². The van der Waals surface area contributed by atoms with E-state index in [2.05, 4.69) is 6.92 Å². The van der Waals surface area contributed by atoms with Crippen LogP contribution >= 0.6 is 0 Å². The third kappa shape index (κ3) is 0.769. The highest BCUT2D eigenvalue weighted by molar-refractivity contribution is 5.84. The summed E-state index contributed by atoms with van der Waals surface area (Å²) in [5.74, 6) is 2.71. The molecule has 0 aromatic rings. The van der Waals surface area contributed by atoms with Crippen LogP contribution in [0.1, 0.15) is 45.4 Å². The number of rotatable bonds is 0. The van der Waals surface area contributed by atoms with Crippen molar-refractivity contribution in [3.8, 4) is 0 Å². The van der Waals surface area contributed by atoms with Crippen LogP contribution in [0.2, 0.25) is 0 Å². The highest BCUT2D eigenvalue weighted by Crippen LogP contribution is 2.68. The lowest BCUT2D eigenvalue weighted by atomic mass is 9.44. The summed E-state index contributed by atoms with van der Waals surface area (Å²) in [6.45, 7) is 2.31. The summed E-state index contributed by atoms with van der Waals surface area (Å²) in [5, 5.41) is 0. The van der Waals surface area contributed by atoms with Crippen molar-refractivity contribution in [3.63, 3.8) is 0 Å². The zero-order valence-corrected chi connectivity index (χ0v) is 8.38. The van der Waals surface area contributed by atoms with Gasteiger partial charge in [0.25, 0.3) is 0 Å². The normalized spacial score (nSPS) is 53.9. The molecule has 0 bridgehead atoms. The molecule has 4 atom stereocenters. The minimum absolute atomic E-state index is 0.480. The van der Waals surface area contributed by atoms with E-state index in [0.717, 1.165) is 18.3 Å². The van der Waals surface area contributed by atoms with Crippen LogP contribution in [0.3, 0.4) is 0 Å². The van der Waals surface area contributed by atoms with E-state index in [4.69, 9.17) is 0 Å². The smallest absolute Gasteiger partial charge is 0.136 e. The van der Waals surface area contributed by atoms with Gasteiger partial charge in [-0.1, -0.05) is 13.3 Å². The van der Waals surface area contributed by atoms with E-state index in [1.54, 1.807) is 0 Å². The maximum atomic E-state index is 11.8. The summed E-state index contributed by atoms with van der Waals surface area (Å²) >= 11 is 0. The fourth-order valence-corrected chi connectivity index (χ4v) is 4.76. The van der Waals surface area contributed by atoms with Crippen molar-refractivity contribution >= 4 is 5.78 Å². The second kappa shape index (κ2) is 2.37. The second-order valence-corrected chi connectivity index (χ2v) is 5.39. The maximum absolute atomic E-state index is 11.8. The van der Waals surface area contributed by atoms with Gasteiger partial charge in [-0.25, -0.2) is 0 Å². The second-order valence-electron chi connectivity index (χ2n) is 5.39. The van der Waals surface area contributed by atoms with Gasteiger partial charge in [-0.3, -0.25) is 4.79 Å². The summed E-state index contributed by atoms with van der Waals surface area (Å²) < 4.78 is 0. The molecule has 0 aromatic heterocycles. The predicted octanol–water partition coefficient (Wildman–Crippen LogP) is 2.79. The number of carbonyl (C=O) groups excluding carboxylic acids is 1. The van der Waals surface area contributed by atoms with E-state index in [1.165, 1.54) is 32.1 Å². The van der Waals surface area contributed by atoms with Gasteiger partial charge in [0.2, 0.25) is 0 Å². The molecule has 0 radical (unpaired) electrons. The van der Waals surface area contributed by atoms with Crippen LogP contribution in [0.5, 0.6) is 0 Å². The Morgan fingerprint density at radius 1 is 1.31 bits per heavy atom. The SMILES string of the molecule is CC1C2CCC[C@]23CCCC(=O)[C@H]13. The van der Waals surface area contributed by atoms with Gasteiger partial charge in [-0.15, -0.1) is 0 Å². The van der Waals surface area contributed by atoms with Crippen LogP contribution in [0.15, 0.2) is 0 Å². The van der Waals surface area contributed by atoms with Gasteiger partial charge in [0.1, 0.15) is 5.78 Å². The molecular weight excluding hydrogens is 160 g/mol. The fourth-order valence-electron chi connectivity index (χ4n) is 4.76. The van der Waals surface area contributed by atoms with Crippen LogP contribution < -0.4 is 0 Å². The first-order valence-electron chi connectivity index (χ1n) is 5.78. The van der Waals surface area contributed by atoms with Gasteiger partial charge in [-0.2, -0.15) is 0 Å². The molecule has 0 aromatic carbocycles. The molecule has 0 amide bonds. The quantitative estimate of drug-likeness (QED) is 0.557. The molecule has 1 nitrogen and oxygen atoms in total. The molecule has 1 heteroatoms. The Hall–Kier alpha value is -0.330. The van der Waals surface area contributed by atoms with Gasteiger partial charge in [0.05, 0.1) is 0 Å². The third-order valence-electron chi connectivity index (χ3n) is 5.09. The van der Waals surface area contributed by atoms with Crippen molar-refractivity contribution in [1.82, 2.24) is 0 Å². The Kier molecular flexibility index (Phi) is 1.46. The van der Waals surface area contributed by atoms with Crippen molar-refractivity contribution in [2.45, 2.75) is 45.4 Å². The van der Waals surface area contributed by atoms with Crippen molar-refractivity contribution in [2.24, 2.45) is 23.2 Å². The molecule has 3 rings (SSSR count). The zero-order chi connectivity index (χ0) is 9.05. The average molecular weight is 178 g/mol. The van der Waals surface area contributed by atoms with Gasteiger partial charge >= 0.3 is 0 Å². The molecule has 3 aliphatic rings. The number of carbonyl (C=O) groups is 1. The standard InChI is InChI=1S/C12H18O/c1-8-9-4-2-6-12(9)7-3-5-10(13)11(8)12/h8-9,11H,2-7H2,1H3/t8?,9?,11-,12-/m0/s1. The molecule has 3 saturated carbocycles. The minimum atomic E-state index is 0.480. The zero-order valence-electron chi connectivity index (χ0n) is 8.38. The fraction of sp³-hybridized carbons (Fsp3) is 0.917. The number of hydrogen-bond acceptors (Lipinski definition) is 1. The predicted molar refractivity (Wildman–Crippen MR) is 51.3 cm³/mol. The van der Waals surface area contributed by atoms with E-state index in [9.17, 15) is 4.79 Å². The average Bonchev–Trinajstić information content (AvgIpc) is 2.43. The molecule has 2 unspecified atom stereocenters. The lowest BCUT2D eigenvalue weighted by Crippen LogP contribution is -2.58. The minimum Gasteiger partial charge on any atom is -0.299 e. The van der Waals surface area contributed by atoms with Gasteiger partial charge < -0.3 is 0 Å². The highest BCUT2D eigenvalue weighted by Gasteiger charge is 2.64. The summed E-state index contributed by atoms with van der Waals surface area (Å²) in [5.41, 5.74) is 0.523. The van der Waals surface area contributed by atoms with Crippen LogP contribution in [0.4, 0.5) is 0 Å². The van der Waals surface area contributed by atoms with E-state index in [1.807, 2.05) is 0 Å². The van der Waals surface area contributed by atoms with Crippen LogP contribution in [0, 0.1) is 23.2 Å². The lowest BCUT2D eigenvalue weighted by molar-refractivity contribution is -0.160. The van der Waals surface area contributed by atoms with Crippen molar-refractivity contribution in [3.05, 3.63) is 0 Å². The maximum Gasteiger partial charge on any atom is 0.136 e. The van der Waals surface area contributed by atoms with Gasteiger partial charge in [0, 0.05) is 12.3 Å². The Bertz CT molecular complexity index is 258. The van der Waals surface area contributed by atoms with Crippen LogP contribution in [-0.4, -0.2) is 5.78 Å². The van der Waals surface area contributed by atoms with E-state index >= 15 is 0 Å². The number of Topliss-reactive ketones (excluding diaryl/α,β-unsaturated/α-hetero) is 1. The summed E-state index contributed by atoms with van der Waals surface area (Å²) in [6.07, 6.45) is 7.57. The largest absolute Gasteiger partial charge is 0.299 e. The molecule has 3 fully saturated rings. The Labute approximate surface area is 79.9 Å². The third-order valence-corrected chi connectivity index (χ3v) is 5.09. The molecule has 3 aliphatic carbocycles. The topological polar surface area (TPSA) is 17.1 Å². The Morgan fingerprint density at radius 2 is 2.08 bits per heavy atom. The van der Waals surface area contributed by atoms with Gasteiger partial charge in [0.15, 0.2) is 0 Å². The first-order valence-corrected chi connectivity index (χ1v) is 5.78. The Morgan fingerprint density at radius 3 is 2.92 bits per heavy atom. The van der Waals surface area contributed by atoms with Crippen molar-refractivity contribution < 1.29 is 4.79 Å². The van der Waals surface area contributed by atoms with Crippen molar-refractivity contribution in [2.75, 3.05) is 0 Å². The van der Waals surface area contributed by atoms with Crippen LogP contribution in [-0.2, 0) is 4.79 Å². The number of hydrogen-bond donors (Lipinski definition) is 0. The first kappa shape index (κ1) is 8.02. The molecule has 0 heterocycles. The molecule has 0 N–H and O–H groups in total. The summed E-state index contributed by atoms with van der Waals surface area (Å²) in [4.78, 5) is 11.8.